The average molecular weight is 324 g/mol. The summed E-state index contributed by atoms with van der Waals surface area (Å²) in [6.45, 7) is 0.833. The number of hydrogen-bond acceptors (Lipinski definition) is 3. The van der Waals surface area contributed by atoms with E-state index in [0.29, 0.717) is 0 Å². The minimum atomic E-state index is 0.0396. The van der Waals surface area contributed by atoms with E-state index in [1.54, 1.807) is 11.8 Å². The molecule has 1 aliphatic heterocycles. The molecule has 1 saturated carbocycles. The summed E-state index contributed by atoms with van der Waals surface area (Å²) >= 11 is 1.73. The van der Waals surface area contributed by atoms with E-state index in [0.717, 1.165) is 54.4 Å². The van der Waals surface area contributed by atoms with Gasteiger partial charge >= 0.3 is 0 Å². The molecule has 0 saturated heterocycles. The van der Waals surface area contributed by atoms with Gasteiger partial charge in [0.05, 0.1) is 11.3 Å². The lowest BCUT2D eigenvalue weighted by atomic mass is 9.68. The zero-order chi connectivity index (χ0) is 15.4. The Morgan fingerprint density at radius 2 is 1.96 bits per heavy atom. The van der Waals surface area contributed by atoms with Crippen LogP contribution >= 0.6 is 11.8 Å². The number of nitrogens with zero attached hydrogens (tertiary/aromatic N) is 2. The van der Waals surface area contributed by atoms with Crippen LogP contribution in [0, 0.1) is 0 Å². The molecule has 1 aromatic heterocycles. The summed E-state index contributed by atoms with van der Waals surface area (Å²) < 4.78 is 1.95. The van der Waals surface area contributed by atoms with Gasteiger partial charge in [-0.3, -0.25) is 9.36 Å². The van der Waals surface area contributed by atoms with Crippen LogP contribution in [0.1, 0.15) is 43.2 Å². The maximum absolute atomic E-state index is 13.3. The standard InChI is InChI=1S/C19H20N2OS/c22-17-15-16(20-18-21(17)10-5-11-23-18)14-7-2-1-6-13(14)12-19(15)8-3-4-9-19/h1-2,6-7H,3-5,8-12H2. The maximum atomic E-state index is 13.3. The molecule has 2 heterocycles. The SMILES string of the molecule is O=c1c2c(nc3n1CCCS3)-c1ccccc1CC21CCCC1. The molecule has 0 bridgehead atoms. The van der Waals surface area contributed by atoms with Crippen molar-refractivity contribution in [2.45, 2.75) is 55.6 Å². The van der Waals surface area contributed by atoms with E-state index in [-0.39, 0.29) is 11.0 Å². The summed E-state index contributed by atoms with van der Waals surface area (Å²) in [5, 5.41) is 0.921. The summed E-state index contributed by atoms with van der Waals surface area (Å²) in [5.74, 6) is 1.07. The van der Waals surface area contributed by atoms with Crippen molar-refractivity contribution in [1.82, 2.24) is 9.55 Å². The summed E-state index contributed by atoms with van der Waals surface area (Å²) in [6, 6.07) is 8.56. The number of thioether (sulfide) groups is 1. The Balaban J connectivity index is 1.86. The van der Waals surface area contributed by atoms with Gasteiger partial charge in [-0.1, -0.05) is 48.9 Å². The number of fused-ring (bicyclic) bond motifs is 5. The van der Waals surface area contributed by atoms with E-state index in [1.165, 1.54) is 24.0 Å². The maximum Gasteiger partial charge on any atom is 0.258 e. The van der Waals surface area contributed by atoms with E-state index < -0.39 is 0 Å². The second-order valence-electron chi connectivity index (χ2n) is 7.10. The number of aromatic nitrogens is 2. The predicted octanol–water partition coefficient (Wildman–Crippen LogP) is 3.77. The zero-order valence-electron chi connectivity index (χ0n) is 13.2. The van der Waals surface area contributed by atoms with Crippen molar-refractivity contribution in [1.29, 1.82) is 0 Å². The Morgan fingerprint density at radius 3 is 2.83 bits per heavy atom. The quantitative estimate of drug-likeness (QED) is 0.692. The highest BCUT2D eigenvalue weighted by atomic mass is 32.2. The lowest BCUT2D eigenvalue weighted by molar-refractivity contribution is 0.413. The van der Waals surface area contributed by atoms with Gasteiger partial charge in [-0.2, -0.15) is 0 Å². The summed E-state index contributed by atoms with van der Waals surface area (Å²) in [5.41, 5.74) is 4.86. The molecule has 23 heavy (non-hydrogen) atoms. The lowest BCUT2D eigenvalue weighted by Gasteiger charge is -2.36. The highest BCUT2D eigenvalue weighted by Gasteiger charge is 2.44. The fraction of sp³-hybridized carbons (Fsp3) is 0.474. The zero-order valence-corrected chi connectivity index (χ0v) is 14.0. The molecule has 0 radical (unpaired) electrons. The van der Waals surface area contributed by atoms with Gasteiger partial charge in [0.25, 0.3) is 5.56 Å². The fourth-order valence-electron chi connectivity index (χ4n) is 4.74. The highest BCUT2D eigenvalue weighted by molar-refractivity contribution is 7.99. The monoisotopic (exact) mass is 324 g/mol. The third kappa shape index (κ3) is 1.90. The van der Waals surface area contributed by atoms with Crippen LogP contribution in [0.4, 0.5) is 0 Å². The van der Waals surface area contributed by atoms with Crippen LogP contribution in [0.25, 0.3) is 11.3 Å². The molecule has 3 aliphatic rings. The second kappa shape index (κ2) is 4.97. The molecule has 118 valence electrons. The molecule has 1 spiro atoms. The van der Waals surface area contributed by atoms with Crippen molar-refractivity contribution >= 4 is 11.8 Å². The highest BCUT2D eigenvalue weighted by Crippen LogP contribution is 2.50. The van der Waals surface area contributed by atoms with E-state index in [4.69, 9.17) is 4.98 Å². The Labute approximate surface area is 140 Å². The number of benzene rings is 1. The normalized spacial score (nSPS) is 20.9. The van der Waals surface area contributed by atoms with Gasteiger partial charge in [0, 0.05) is 23.3 Å². The molecule has 5 rings (SSSR count). The fourth-order valence-corrected chi connectivity index (χ4v) is 5.68. The summed E-state index contributed by atoms with van der Waals surface area (Å²) in [4.78, 5) is 18.3. The molecule has 2 aromatic rings. The smallest absolute Gasteiger partial charge is 0.258 e. The van der Waals surface area contributed by atoms with Crippen molar-refractivity contribution in [2.75, 3.05) is 5.75 Å². The second-order valence-corrected chi connectivity index (χ2v) is 8.16. The topological polar surface area (TPSA) is 34.9 Å². The first-order valence-electron chi connectivity index (χ1n) is 8.65. The molecular formula is C19H20N2OS. The average Bonchev–Trinajstić information content (AvgIpc) is 3.03. The van der Waals surface area contributed by atoms with Crippen molar-refractivity contribution in [2.24, 2.45) is 0 Å². The lowest BCUT2D eigenvalue weighted by Crippen LogP contribution is -2.41. The number of rotatable bonds is 0. The van der Waals surface area contributed by atoms with E-state index in [1.807, 2.05) is 4.57 Å². The minimum absolute atomic E-state index is 0.0396. The van der Waals surface area contributed by atoms with Crippen LogP contribution in [0.3, 0.4) is 0 Å². The Morgan fingerprint density at radius 1 is 1.13 bits per heavy atom. The van der Waals surface area contributed by atoms with E-state index >= 15 is 0 Å². The van der Waals surface area contributed by atoms with Gasteiger partial charge in [-0.05, 0) is 31.2 Å². The first kappa shape index (κ1) is 13.8. The van der Waals surface area contributed by atoms with Gasteiger partial charge < -0.3 is 0 Å². The molecule has 0 N–H and O–H groups in total. The van der Waals surface area contributed by atoms with Crippen molar-refractivity contribution in [3.8, 4) is 11.3 Å². The van der Waals surface area contributed by atoms with Gasteiger partial charge in [-0.15, -0.1) is 0 Å². The van der Waals surface area contributed by atoms with E-state index in [9.17, 15) is 4.79 Å². The Hall–Kier alpha value is -1.55. The molecule has 0 unspecified atom stereocenters. The van der Waals surface area contributed by atoms with Crippen molar-refractivity contribution in [3.05, 3.63) is 45.7 Å². The van der Waals surface area contributed by atoms with Gasteiger partial charge in [-0.25, -0.2) is 4.98 Å². The van der Waals surface area contributed by atoms with Crippen molar-refractivity contribution < 1.29 is 0 Å². The molecule has 1 aromatic carbocycles. The molecule has 0 amide bonds. The van der Waals surface area contributed by atoms with Crippen LogP contribution in [-0.4, -0.2) is 15.3 Å². The summed E-state index contributed by atoms with van der Waals surface area (Å²) in [6.07, 6.45) is 6.83. The van der Waals surface area contributed by atoms with Crippen LogP contribution in [0.15, 0.2) is 34.2 Å². The molecule has 0 atom stereocenters. The Kier molecular flexibility index (Phi) is 2.99. The van der Waals surface area contributed by atoms with Crippen LogP contribution in [0.2, 0.25) is 0 Å². The van der Waals surface area contributed by atoms with Crippen LogP contribution in [0.5, 0.6) is 0 Å². The Bertz CT molecular complexity index is 849. The molecule has 1 fully saturated rings. The first-order chi connectivity index (χ1) is 11.3. The van der Waals surface area contributed by atoms with Gasteiger partial charge in [0.15, 0.2) is 5.16 Å². The molecular weight excluding hydrogens is 304 g/mol. The van der Waals surface area contributed by atoms with Crippen LogP contribution in [-0.2, 0) is 18.4 Å². The third-order valence-corrected chi connectivity index (χ3v) is 6.85. The summed E-state index contributed by atoms with van der Waals surface area (Å²) in [7, 11) is 0. The first-order valence-corrected chi connectivity index (χ1v) is 9.63. The van der Waals surface area contributed by atoms with Gasteiger partial charge in [0.2, 0.25) is 0 Å². The minimum Gasteiger partial charge on any atom is -0.287 e. The van der Waals surface area contributed by atoms with E-state index in [2.05, 4.69) is 24.3 Å². The predicted molar refractivity (Wildman–Crippen MR) is 93.1 cm³/mol. The largest absolute Gasteiger partial charge is 0.287 e. The molecule has 4 heteroatoms. The molecule has 3 nitrogen and oxygen atoms in total. The van der Waals surface area contributed by atoms with Crippen molar-refractivity contribution in [3.63, 3.8) is 0 Å². The third-order valence-electron chi connectivity index (χ3n) is 5.78. The number of hydrogen-bond donors (Lipinski definition) is 0. The molecule has 2 aliphatic carbocycles. The van der Waals surface area contributed by atoms with Gasteiger partial charge in [0.1, 0.15) is 0 Å². The van der Waals surface area contributed by atoms with Crippen LogP contribution < -0.4 is 5.56 Å².